The largest absolute Gasteiger partial charge is 0.348 e. The van der Waals surface area contributed by atoms with Crippen LogP contribution in [0.15, 0.2) is 23.3 Å². The van der Waals surface area contributed by atoms with Gasteiger partial charge in [-0.1, -0.05) is 37.0 Å². The minimum Gasteiger partial charge on any atom is -0.348 e. The number of anilines is 1. The maximum atomic E-state index is 11.9. The summed E-state index contributed by atoms with van der Waals surface area (Å²) < 4.78 is 0. The van der Waals surface area contributed by atoms with E-state index >= 15 is 0 Å². The van der Waals surface area contributed by atoms with Gasteiger partial charge in [0.2, 0.25) is 5.91 Å². The topological polar surface area (TPSA) is 99.7 Å². The van der Waals surface area contributed by atoms with Crippen LogP contribution in [0.3, 0.4) is 0 Å². The van der Waals surface area contributed by atoms with Crippen molar-refractivity contribution >= 4 is 52.3 Å². The number of hydrogen-bond donors (Lipinski definition) is 3. The molecule has 0 aliphatic heterocycles. The summed E-state index contributed by atoms with van der Waals surface area (Å²) in [5, 5.41) is 9.57. The van der Waals surface area contributed by atoms with Crippen LogP contribution in [0.1, 0.15) is 27.2 Å². The van der Waals surface area contributed by atoms with Gasteiger partial charge in [0.05, 0.1) is 17.1 Å². The van der Waals surface area contributed by atoms with Gasteiger partial charge in [0.25, 0.3) is 0 Å². The first-order chi connectivity index (χ1) is 11.7. The van der Waals surface area contributed by atoms with Crippen molar-refractivity contribution in [1.29, 1.82) is 0 Å². The average molecular weight is 387 g/mol. The fraction of sp³-hybridized carbons (Fsp3) is 0.375. The van der Waals surface area contributed by atoms with Crippen LogP contribution in [-0.2, 0) is 14.4 Å². The predicted molar refractivity (Wildman–Crippen MR) is 98.8 cm³/mol. The highest BCUT2D eigenvalue weighted by atomic mass is 35.5. The summed E-state index contributed by atoms with van der Waals surface area (Å²) in [5.74, 6) is -1.81. The number of halogens is 2. The van der Waals surface area contributed by atoms with Gasteiger partial charge in [-0.05, 0) is 31.0 Å². The van der Waals surface area contributed by atoms with Crippen molar-refractivity contribution in [2.45, 2.75) is 27.2 Å². The lowest BCUT2D eigenvalue weighted by molar-refractivity contribution is -0.139. The van der Waals surface area contributed by atoms with Gasteiger partial charge in [-0.3, -0.25) is 14.4 Å². The fourth-order valence-electron chi connectivity index (χ4n) is 1.63. The van der Waals surface area contributed by atoms with Crippen molar-refractivity contribution in [3.05, 3.63) is 28.2 Å². The first-order valence-corrected chi connectivity index (χ1v) is 8.31. The lowest BCUT2D eigenvalue weighted by Crippen LogP contribution is -2.39. The summed E-state index contributed by atoms with van der Waals surface area (Å²) in [6, 6.07) is 4.69. The summed E-state index contributed by atoms with van der Waals surface area (Å²) in [6.07, 6.45) is -0.0765. The number of rotatable bonds is 6. The summed E-state index contributed by atoms with van der Waals surface area (Å²) in [6.45, 7) is 5.76. The highest BCUT2D eigenvalue weighted by Gasteiger charge is 2.13. The minimum absolute atomic E-state index is 0.0765. The van der Waals surface area contributed by atoms with Crippen molar-refractivity contribution in [3.63, 3.8) is 0 Å². The molecule has 9 heteroatoms. The van der Waals surface area contributed by atoms with E-state index in [1.165, 1.54) is 6.07 Å². The molecule has 0 heterocycles. The number of hydrazone groups is 1. The van der Waals surface area contributed by atoms with E-state index in [1.807, 2.05) is 13.8 Å². The van der Waals surface area contributed by atoms with E-state index < -0.39 is 11.8 Å². The number of nitrogens with one attached hydrogen (secondary N) is 3. The molecule has 0 radical (unpaired) electrons. The molecule has 1 aromatic rings. The maximum absolute atomic E-state index is 11.9. The molecule has 3 N–H and O–H groups in total. The van der Waals surface area contributed by atoms with Crippen molar-refractivity contribution in [3.8, 4) is 0 Å². The van der Waals surface area contributed by atoms with Crippen molar-refractivity contribution in [1.82, 2.24) is 10.7 Å². The Morgan fingerprint density at radius 1 is 1.16 bits per heavy atom. The third-order valence-electron chi connectivity index (χ3n) is 2.85. The molecule has 7 nitrogen and oxygen atoms in total. The van der Waals surface area contributed by atoms with Crippen LogP contribution in [0.4, 0.5) is 5.69 Å². The molecule has 0 saturated heterocycles. The predicted octanol–water partition coefficient (Wildman–Crippen LogP) is 2.59. The third kappa shape index (κ3) is 8.00. The second kappa shape index (κ2) is 10.0. The van der Waals surface area contributed by atoms with E-state index in [4.69, 9.17) is 23.2 Å². The number of nitrogens with zero attached hydrogens (tertiary/aromatic N) is 1. The number of hydrogen-bond acceptors (Lipinski definition) is 4. The van der Waals surface area contributed by atoms with Gasteiger partial charge in [0, 0.05) is 17.3 Å². The normalized spacial score (nSPS) is 11.2. The quantitative estimate of drug-likeness (QED) is 0.397. The minimum atomic E-state index is -0.888. The van der Waals surface area contributed by atoms with Crippen LogP contribution in [-0.4, -0.2) is 30.0 Å². The Bertz CT molecular complexity index is 690. The first-order valence-electron chi connectivity index (χ1n) is 7.55. The van der Waals surface area contributed by atoms with Gasteiger partial charge < -0.3 is 10.6 Å². The Labute approximate surface area is 156 Å². The molecule has 0 aromatic heterocycles. The number of carbonyl (C=O) groups excluding carboxylic acids is 3. The standard InChI is InChI=1S/C16H20Cl2N4O3/c1-9(2)8-19-15(24)16(25)22-21-10(3)6-14(23)20-13-5-4-11(17)7-12(13)18/h4-5,7,9H,6,8H2,1-3H3,(H,19,24)(H,20,23)(H,22,25)/b21-10+. The van der Waals surface area contributed by atoms with Gasteiger partial charge in [-0.25, -0.2) is 5.43 Å². The van der Waals surface area contributed by atoms with Crippen LogP contribution in [0.25, 0.3) is 0 Å². The molecule has 0 aliphatic rings. The third-order valence-corrected chi connectivity index (χ3v) is 3.39. The Morgan fingerprint density at radius 2 is 1.84 bits per heavy atom. The lowest BCUT2D eigenvalue weighted by Gasteiger charge is -2.08. The monoisotopic (exact) mass is 386 g/mol. The number of benzene rings is 1. The molecule has 1 rings (SSSR count). The van der Waals surface area contributed by atoms with Gasteiger partial charge >= 0.3 is 11.8 Å². The second-order valence-electron chi connectivity index (χ2n) is 5.74. The van der Waals surface area contributed by atoms with E-state index in [2.05, 4.69) is 21.2 Å². The zero-order valence-corrected chi connectivity index (χ0v) is 15.7. The van der Waals surface area contributed by atoms with Crippen molar-refractivity contribution < 1.29 is 14.4 Å². The SMILES string of the molecule is C/C(CC(=O)Nc1ccc(Cl)cc1Cl)=N\NC(=O)C(=O)NCC(C)C. The molecule has 1 aromatic carbocycles. The van der Waals surface area contributed by atoms with E-state index in [9.17, 15) is 14.4 Å². The molecular formula is C16H20Cl2N4O3. The van der Waals surface area contributed by atoms with Crippen LogP contribution in [0.2, 0.25) is 10.0 Å². The van der Waals surface area contributed by atoms with Crippen LogP contribution < -0.4 is 16.1 Å². The smallest absolute Gasteiger partial charge is 0.329 e. The van der Waals surface area contributed by atoms with Crippen molar-refractivity contribution in [2.24, 2.45) is 11.0 Å². The Morgan fingerprint density at radius 3 is 2.44 bits per heavy atom. The average Bonchev–Trinajstić information content (AvgIpc) is 2.52. The molecule has 136 valence electrons. The van der Waals surface area contributed by atoms with E-state index in [0.717, 1.165) is 0 Å². The molecule has 0 unspecified atom stereocenters. The highest BCUT2D eigenvalue weighted by Crippen LogP contribution is 2.25. The van der Waals surface area contributed by atoms with E-state index in [1.54, 1.807) is 19.1 Å². The lowest BCUT2D eigenvalue weighted by atomic mass is 10.2. The molecule has 0 spiro atoms. The molecule has 0 saturated carbocycles. The summed E-state index contributed by atoms with van der Waals surface area (Å²) in [7, 11) is 0. The van der Waals surface area contributed by atoms with Gasteiger partial charge in [-0.15, -0.1) is 0 Å². The first kappa shape index (κ1) is 20.9. The molecule has 25 heavy (non-hydrogen) atoms. The van der Waals surface area contributed by atoms with Gasteiger partial charge in [0.15, 0.2) is 0 Å². The summed E-state index contributed by atoms with van der Waals surface area (Å²) in [5.41, 5.74) is 2.85. The van der Waals surface area contributed by atoms with Crippen LogP contribution in [0.5, 0.6) is 0 Å². The van der Waals surface area contributed by atoms with Crippen LogP contribution >= 0.6 is 23.2 Å². The highest BCUT2D eigenvalue weighted by molar-refractivity contribution is 6.37. The maximum Gasteiger partial charge on any atom is 0.329 e. The van der Waals surface area contributed by atoms with E-state index in [0.29, 0.717) is 28.0 Å². The molecule has 0 aliphatic carbocycles. The zero-order chi connectivity index (χ0) is 19.0. The Hall–Kier alpha value is -2.12. The second-order valence-corrected chi connectivity index (χ2v) is 6.58. The van der Waals surface area contributed by atoms with Gasteiger partial charge in [-0.2, -0.15) is 5.10 Å². The summed E-state index contributed by atoms with van der Waals surface area (Å²) in [4.78, 5) is 35.0. The number of amides is 3. The Balaban J connectivity index is 2.50. The number of carbonyl (C=O) groups is 3. The molecule has 0 fully saturated rings. The van der Waals surface area contributed by atoms with Gasteiger partial charge in [0.1, 0.15) is 0 Å². The summed E-state index contributed by atoms with van der Waals surface area (Å²) >= 11 is 11.8. The molecular weight excluding hydrogens is 367 g/mol. The molecule has 0 bridgehead atoms. The van der Waals surface area contributed by atoms with Crippen molar-refractivity contribution in [2.75, 3.05) is 11.9 Å². The molecule has 0 atom stereocenters. The fourth-order valence-corrected chi connectivity index (χ4v) is 2.09. The molecule has 3 amide bonds. The zero-order valence-electron chi connectivity index (χ0n) is 14.2. The van der Waals surface area contributed by atoms with Crippen LogP contribution in [0, 0.1) is 5.92 Å². The Kier molecular flexibility index (Phi) is 8.37. The van der Waals surface area contributed by atoms with E-state index in [-0.39, 0.29) is 18.2 Å².